The second kappa shape index (κ2) is 3.85. The summed E-state index contributed by atoms with van der Waals surface area (Å²) in [6.45, 7) is -0.0331. The topological polar surface area (TPSA) is 49.7 Å². The van der Waals surface area contributed by atoms with Gasteiger partial charge in [-0.2, -0.15) is 0 Å². The summed E-state index contributed by atoms with van der Waals surface area (Å²) < 4.78 is 16.7. The Morgan fingerprint density at radius 3 is 2.20 bits per heavy atom. The zero-order valence-corrected chi connectivity index (χ0v) is 6.17. The van der Waals surface area contributed by atoms with Crippen LogP contribution in [0.2, 0.25) is 0 Å². The van der Waals surface area contributed by atoms with E-state index in [1.165, 1.54) is 14.0 Å². The van der Waals surface area contributed by atoms with Crippen LogP contribution in [0.1, 0.15) is 6.92 Å². The number of aliphatic hydroxyl groups excluding tert-OH is 2. The summed E-state index contributed by atoms with van der Waals surface area (Å²) in [6.07, 6.45) is -1.01. The van der Waals surface area contributed by atoms with Crippen molar-refractivity contribution < 1.29 is 19.3 Å². The van der Waals surface area contributed by atoms with Gasteiger partial charge in [0.15, 0.2) is 0 Å². The monoisotopic (exact) mass is 152 g/mol. The Hall–Kier alpha value is -0.190. The highest BCUT2D eigenvalue weighted by Gasteiger charge is 2.34. The predicted molar refractivity (Wildman–Crippen MR) is 34.5 cm³/mol. The molecule has 4 heteroatoms. The molecule has 0 aromatic heterocycles. The maximum atomic E-state index is 12.1. The smallest absolute Gasteiger partial charge is 0.144 e. The van der Waals surface area contributed by atoms with E-state index in [0.29, 0.717) is 0 Å². The second-order valence-electron chi connectivity index (χ2n) is 2.24. The highest BCUT2D eigenvalue weighted by atomic mass is 19.1. The number of methoxy groups -OCH3 is 1. The lowest BCUT2D eigenvalue weighted by Crippen LogP contribution is -2.48. The van der Waals surface area contributed by atoms with Crippen LogP contribution in [0, 0.1) is 0 Å². The van der Waals surface area contributed by atoms with Crippen LogP contribution in [0.15, 0.2) is 0 Å². The quantitative estimate of drug-likeness (QED) is 0.582. The second-order valence-corrected chi connectivity index (χ2v) is 2.24. The lowest BCUT2D eigenvalue weighted by molar-refractivity contribution is -0.132. The number of alkyl halides is 1. The molecule has 0 heterocycles. The van der Waals surface area contributed by atoms with Crippen LogP contribution >= 0.6 is 0 Å². The van der Waals surface area contributed by atoms with Crippen molar-refractivity contribution >= 4 is 0 Å². The summed E-state index contributed by atoms with van der Waals surface area (Å²) in [5, 5.41) is 17.6. The molecule has 0 radical (unpaired) electrons. The van der Waals surface area contributed by atoms with E-state index >= 15 is 0 Å². The number of halogens is 1. The van der Waals surface area contributed by atoms with Gasteiger partial charge in [0.1, 0.15) is 12.3 Å². The van der Waals surface area contributed by atoms with Crippen molar-refractivity contribution in [3.8, 4) is 0 Å². The molecule has 0 saturated carbocycles. The molecule has 0 saturated heterocycles. The van der Waals surface area contributed by atoms with Gasteiger partial charge in [0.2, 0.25) is 0 Å². The third kappa shape index (κ3) is 1.65. The van der Waals surface area contributed by atoms with Gasteiger partial charge in [-0.25, -0.2) is 4.39 Å². The zero-order chi connectivity index (χ0) is 8.20. The largest absolute Gasteiger partial charge is 0.393 e. The maximum absolute atomic E-state index is 12.1. The molecule has 0 bridgehead atoms. The van der Waals surface area contributed by atoms with Crippen molar-refractivity contribution in [2.75, 3.05) is 20.4 Å². The van der Waals surface area contributed by atoms with Gasteiger partial charge in [-0.3, -0.25) is 0 Å². The van der Waals surface area contributed by atoms with E-state index in [1.807, 2.05) is 0 Å². The molecule has 3 nitrogen and oxygen atoms in total. The summed E-state index contributed by atoms with van der Waals surface area (Å²) in [7, 11) is 1.25. The van der Waals surface area contributed by atoms with Gasteiger partial charge < -0.3 is 14.9 Å². The van der Waals surface area contributed by atoms with Crippen LogP contribution in [-0.4, -0.2) is 42.3 Å². The molecule has 0 aliphatic heterocycles. The molecular weight excluding hydrogens is 139 g/mol. The van der Waals surface area contributed by atoms with Crippen molar-refractivity contribution in [2.45, 2.75) is 18.6 Å². The van der Waals surface area contributed by atoms with E-state index in [9.17, 15) is 4.39 Å². The number of ether oxygens (including phenoxy) is 1. The van der Waals surface area contributed by atoms with Gasteiger partial charge in [-0.15, -0.1) is 0 Å². The number of hydrogen-bond donors (Lipinski definition) is 2. The van der Waals surface area contributed by atoms with Crippen molar-refractivity contribution in [1.29, 1.82) is 0 Å². The summed E-state index contributed by atoms with van der Waals surface area (Å²) >= 11 is 0. The molecule has 62 valence electrons. The van der Waals surface area contributed by atoms with E-state index < -0.39 is 25.0 Å². The molecule has 0 unspecified atom stereocenters. The molecule has 0 aromatic carbocycles. The summed E-state index contributed by atoms with van der Waals surface area (Å²) in [5.74, 6) is 0. The zero-order valence-electron chi connectivity index (χ0n) is 6.17. The third-order valence-electron chi connectivity index (χ3n) is 1.66. The van der Waals surface area contributed by atoms with Gasteiger partial charge in [0.25, 0.3) is 0 Å². The van der Waals surface area contributed by atoms with Crippen LogP contribution < -0.4 is 0 Å². The van der Waals surface area contributed by atoms with E-state index in [0.717, 1.165) is 0 Å². The average Bonchev–Trinajstić information content (AvgIpc) is 1.92. The Morgan fingerprint density at radius 1 is 1.70 bits per heavy atom. The normalized spacial score (nSPS) is 20.1. The van der Waals surface area contributed by atoms with Gasteiger partial charge in [0.05, 0.1) is 12.7 Å². The van der Waals surface area contributed by atoms with Crippen molar-refractivity contribution in [1.82, 2.24) is 0 Å². The summed E-state index contributed by atoms with van der Waals surface area (Å²) in [6, 6.07) is 0. The molecule has 2 atom stereocenters. The van der Waals surface area contributed by atoms with Crippen molar-refractivity contribution in [3.63, 3.8) is 0 Å². The molecule has 0 fully saturated rings. The third-order valence-corrected chi connectivity index (χ3v) is 1.66. The Kier molecular flexibility index (Phi) is 3.78. The van der Waals surface area contributed by atoms with Crippen LogP contribution in [0.3, 0.4) is 0 Å². The minimum Gasteiger partial charge on any atom is -0.393 e. The molecule has 0 spiro atoms. The van der Waals surface area contributed by atoms with E-state index in [4.69, 9.17) is 10.2 Å². The van der Waals surface area contributed by atoms with Gasteiger partial charge >= 0.3 is 0 Å². The van der Waals surface area contributed by atoms with Crippen molar-refractivity contribution in [2.24, 2.45) is 0 Å². The summed E-state index contributed by atoms with van der Waals surface area (Å²) in [4.78, 5) is 0. The fourth-order valence-corrected chi connectivity index (χ4v) is 0.576. The fraction of sp³-hybridized carbons (Fsp3) is 1.00. The Balaban J connectivity index is 4.15. The summed E-state index contributed by atoms with van der Waals surface area (Å²) in [5.41, 5.74) is -1.43. The molecule has 0 aromatic rings. The van der Waals surface area contributed by atoms with Crippen LogP contribution in [0.25, 0.3) is 0 Å². The lowest BCUT2D eigenvalue weighted by Gasteiger charge is -2.29. The van der Waals surface area contributed by atoms with E-state index in [2.05, 4.69) is 4.74 Å². The highest BCUT2D eigenvalue weighted by Crippen LogP contribution is 2.14. The molecule has 0 amide bonds. The SMILES string of the molecule is CO[C@@](CO)(CF)[C@H](C)O. The number of hydrogen-bond acceptors (Lipinski definition) is 3. The van der Waals surface area contributed by atoms with Gasteiger partial charge in [-0.05, 0) is 6.92 Å². The first-order chi connectivity index (χ1) is 4.63. The van der Waals surface area contributed by atoms with Crippen molar-refractivity contribution in [3.05, 3.63) is 0 Å². The minimum absolute atomic E-state index is 0.516. The van der Waals surface area contributed by atoms with Gasteiger partial charge in [0, 0.05) is 7.11 Å². The Labute approximate surface area is 59.4 Å². The number of aliphatic hydroxyl groups is 2. The molecule has 0 aliphatic carbocycles. The molecule has 10 heavy (non-hydrogen) atoms. The van der Waals surface area contributed by atoms with Crippen LogP contribution in [-0.2, 0) is 4.74 Å². The fourth-order valence-electron chi connectivity index (χ4n) is 0.576. The first kappa shape index (κ1) is 9.81. The minimum atomic E-state index is -1.43. The van der Waals surface area contributed by atoms with Crippen LogP contribution in [0.4, 0.5) is 4.39 Å². The average molecular weight is 152 g/mol. The first-order valence-electron chi connectivity index (χ1n) is 3.03. The Bertz CT molecular complexity index is 82.7. The predicted octanol–water partition coefficient (Wildman–Crippen LogP) is -0.286. The van der Waals surface area contributed by atoms with E-state index in [-0.39, 0.29) is 0 Å². The highest BCUT2D eigenvalue weighted by molar-refractivity contribution is 4.84. The van der Waals surface area contributed by atoms with E-state index in [1.54, 1.807) is 0 Å². The number of rotatable bonds is 4. The molecular formula is C6H13FO3. The maximum Gasteiger partial charge on any atom is 0.144 e. The standard InChI is InChI=1S/C6H13FO3/c1-5(9)6(3-7,4-8)10-2/h5,8-9H,3-4H2,1-2H3/t5-,6+/m0/s1. The molecule has 2 N–H and O–H groups in total. The molecule has 0 aliphatic rings. The van der Waals surface area contributed by atoms with Gasteiger partial charge in [-0.1, -0.05) is 0 Å². The lowest BCUT2D eigenvalue weighted by atomic mass is 10.0. The van der Waals surface area contributed by atoms with Crippen LogP contribution in [0.5, 0.6) is 0 Å². The Morgan fingerprint density at radius 2 is 2.20 bits per heavy atom. The first-order valence-corrected chi connectivity index (χ1v) is 3.03. The molecule has 0 rings (SSSR count).